The van der Waals surface area contributed by atoms with Crippen LogP contribution in [0.5, 0.6) is 11.6 Å². The third-order valence-corrected chi connectivity index (χ3v) is 8.81. The molecule has 0 bridgehead atoms. The number of rotatable bonds is 8. The van der Waals surface area contributed by atoms with Gasteiger partial charge in [-0.2, -0.15) is 4.98 Å². The van der Waals surface area contributed by atoms with Crippen molar-refractivity contribution >= 4 is 33.3 Å². The van der Waals surface area contributed by atoms with Gasteiger partial charge in [0.25, 0.3) is 10.0 Å². The highest BCUT2D eigenvalue weighted by atomic mass is 35.5. The molecule has 10 heteroatoms. The van der Waals surface area contributed by atoms with E-state index >= 15 is 0 Å². The molecule has 3 N–H and O–H groups in total. The molecule has 2 heterocycles. The summed E-state index contributed by atoms with van der Waals surface area (Å²) in [5.74, 6) is 1.19. The number of nitrogens with one attached hydrogen (secondary N) is 1. The van der Waals surface area contributed by atoms with Gasteiger partial charge in [-0.25, -0.2) is 18.1 Å². The van der Waals surface area contributed by atoms with Crippen LogP contribution in [-0.4, -0.2) is 43.4 Å². The van der Waals surface area contributed by atoms with Gasteiger partial charge in [0.15, 0.2) is 0 Å². The van der Waals surface area contributed by atoms with Crippen LogP contribution in [0.25, 0.3) is 11.3 Å². The number of sulfonamides is 1. The van der Waals surface area contributed by atoms with Gasteiger partial charge in [-0.15, -0.1) is 0 Å². The lowest BCUT2D eigenvalue weighted by Gasteiger charge is -2.29. The van der Waals surface area contributed by atoms with Gasteiger partial charge in [-0.3, -0.25) is 0 Å². The Morgan fingerprint density at radius 2 is 1.76 bits per heavy atom. The van der Waals surface area contributed by atoms with Crippen molar-refractivity contribution < 1.29 is 13.2 Å². The Bertz CT molecular complexity index is 1650. The maximum absolute atomic E-state index is 13.2. The average molecular weight is 592 g/mol. The summed E-state index contributed by atoms with van der Waals surface area (Å²) in [6.45, 7) is 6.23. The lowest BCUT2D eigenvalue weighted by atomic mass is 9.89. The molecule has 5 rings (SSSR count). The average Bonchev–Trinajstić information content (AvgIpc) is 2.93. The Balaban J connectivity index is 1.54. The number of benzene rings is 3. The fourth-order valence-corrected chi connectivity index (χ4v) is 6.33. The summed E-state index contributed by atoms with van der Waals surface area (Å²) >= 11 is 6.52. The minimum Gasteiger partial charge on any atom is -0.439 e. The predicted octanol–water partition coefficient (Wildman–Crippen LogP) is 6.90. The van der Waals surface area contributed by atoms with Crippen LogP contribution in [0.15, 0.2) is 77.7 Å². The van der Waals surface area contributed by atoms with Crippen molar-refractivity contribution in [2.24, 2.45) is 0 Å². The van der Waals surface area contributed by atoms with Gasteiger partial charge in [0, 0.05) is 22.3 Å². The summed E-state index contributed by atoms with van der Waals surface area (Å²) in [6, 6.07) is 21.4. The Kier molecular flexibility index (Phi) is 8.49. The van der Waals surface area contributed by atoms with Crippen LogP contribution >= 0.6 is 11.6 Å². The second-order valence-corrected chi connectivity index (χ2v) is 12.9. The van der Waals surface area contributed by atoms with E-state index < -0.39 is 10.0 Å². The van der Waals surface area contributed by atoms with Crippen LogP contribution in [0.3, 0.4) is 0 Å². The topological polar surface area (TPSA) is 110 Å². The molecule has 41 heavy (non-hydrogen) atoms. The molecule has 0 atom stereocenters. The maximum atomic E-state index is 13.2. The molecule has 0 unspecified atom stereocenters. The second kappa shape index (κ2) is 12.1. The van der Waals surface area contributed by atoms with E-state index in [0.29, 0.717) is 28.1 Å². The van der Waals surface area contributed by atoms with Crippen LogP contribution in [0.1, 0.15) is 49.7 Å². The molecule has 3 aromatic carbocycles. The fourth-order valence-electron chi connectivity index (χ4n) is 5.10. The molecule has 1 fully saturated rings. The zero-order chi connectivity index (χ0) is 29.1. The van der Waals surface area contributed by atoms with Crippen molar-refractivity contribution in [2.75, 3.05) is 30.6 Å². The number of hydrogen-bond donors (Lipinski definition) is 2. The molecule has 0 saturated carbocycles. The van der Waals surface area contributed by atoms with E-state index in [1.54, 1.807) is 24.3 Å². The fraction of sp³-hybridized carbons (Fsp3) is 0.290. The minimum absolute atomic E-state index is 0.00848. The first-order valence-electron chi connectivity index (χ1n) is 13.6. The van der Waals surface area contributed by atoms with Gasteiger partial charge < -0.3 is 15.4 Å². The number of hydrogen-bond acceptors (Lipinski definition) is 7. The van der Waals surface area contributed by atoms with Gasteiger partial charge in [0.2, 0.25) is 11.8 Å². The van der Waals surface area contributed by atoms with Crippen LogP contribution in [0, 0.1) is 0 Å². The summed E-state index contributed by atoms with van der Waals surface area (Å²) < 4.78 is 35.2. The first-order chi connectivity index (χ1) is 19.6. The Labute approximate surface area is 246 Å². The molecule has 0 spiro atoms. The molecule has 1 aromatic heterocycles. The lowest BCUT2D eigenvalue weighted by Crippen LogP contribution is -2.29. The molecule has 0 amide bonds. The number of nitrogens with zero attached hydrogens (tertiary/aromatic N) is 3. The molecule has 1 aliphatic heterocycles. The van der Waals surface area contributed by atoms with Crippen molar-refractivity contribution in [2.45, 2.75) is 43.4 Å². The van der Waals surface area contributed by atoms with Crippen molar-refractivity contribution in [1.82, 2.24) is 14.9 Å². The molecule has 1 saturated heterocycles. The summed E-state index contributed by atoms with van der Waals surface area (Å²) in [5.41, 5.74) is 9.73. The first-order valence-corrected chi connectivity index (χ1v) is 15.5. The van der Waals surface area contributed by atoms with E-state index in [2.05, 4.69) is 40.5 Å². The second-order valence-electron chi connectivity index (χ2n) is 10.7. The maximum Gasteiger partial charge on any atom is 0.264 e. The van der Waals surface area contributed by atoms with Crippen molar-refractivity contribution in [3.63, 3.8) is 0 Å². The lowest BCUT2D eigenvalue weighted by molar-refractivity contribution is 0.255. The highest BCUT2D eigenvalue weighted by molar-refractivity contribution is 7.92. The number of piperidine rings is 1. The largest absolute Gasteiger partial charge is 0.439 e. The van der Waals surface area contributed by atoms with Crippen molar-refractivity contribution in [3.05, 3.63) is 88.9 Å². The van der Waals surface area contributed by atoms with E-state index in [9.17, 15) is 8.42 Å². The van der Waals surface area contributed by atoms with E-state index in [0.717, 1.165) is 42.6 Å². The number of ether oxygens (including phenoxy) is 1. The summed E-state index contributed by atoms with van der Waals surface area (Å²) in [4.78, 5) is 11.4. The van der Waals surface area contributed by atoms with Crippen LogP contribution < -0.4 is 15.2 Å². The number of nitrogens with two attached hydrogens (primary N) is 1. The Morgan fingerprint density at radius 3 is 2.49 bits per heavy atom. The van der Waals surface area contributed by atoms with E-state index in [4.69, 9.17) is 22.1 Å². The molecule has 214 valence electrons. The molecule has 0 radical (unpaired) electrons. The molecular formula is C31H34ClN5O3S. The molecule has 4 aromatic rings. The van der Waals surface area contributed by atoms with Crippen LogP contribution in [-0.2, 0) is 10.0 Å². The quantitative estimate of drug-likeness (QED) is 0.214. The summed E-state index contributed by atoms with van der Waals surface area (Å²) in [5, 5.41) is 0.568. The van der Waals surface area contributed by atoms with Crippen molar-refractivity contribution in [1.29, 1.82) is 0 Å². The molecule has 8 nitrogen and oxygen atoms in total. The van der Waals surface area contributed by atoms with Crippen LogP contribution in [0.2, 0.25) is 5.02 Å². The molecule has 1 aliphatic rings. The summed E-state index contributed by atoms with van der Waals surface area (Å²) in [6.07, 6.45) is 2.08. The standard InChI is InChI=1S/C31H34ClN5O3S/c1-20(2)27-9-4-5-10-28(27)29-19-30(35-31(34-29)36-41(38,39)26-8-6-7-24(33)18-26)40-25-16-22(15-23(32)17-25)21-11-13-37(3)14-12-21/h4-10,15-21H,11-14,33H2,1-3H3,(H,34,35,36). The van der Waals surface area contributed by atoms with E-state index in [1.807, 2.05) is 36.4 Å². The first kappa shape index (κ1) is 28.9. The van der Waals surface area contributed by atoms with Gasteiger partial charge in [0.1, 0.15) is 5.75 Å². The molecule has 0 aliphatic carbocycles. The van der Waals surface area contributed by atoms with E-state index in [-0.39, 0.29) is 22.6 Å². The number of nitrogen functional groups attached to an aromatic ring is 1. The Morgan fingerprint density at radius 1 is 1.00 bits per heavy atom. The van der Waals surface area contributed by atoms with Crippen molar-refractivity contribution in [3.8, 4) is 22.9 Å². The predicted molar refractivity (Wildman–Crippen MR) is 164 cm³/mol. The molecular weight excluding hydrogens is 558 g/mol. The van der Waals surface area contributed by atoms with E-state index in [1.165, 1.54) is 12.1 Å². The zero-order valence-electron chi connectivity index (χ0n) is 23.3. The highest BCUT2D eigenvalue weighted by Gasteiger charge is 2.22. The SMILES string of the molecule is CC(C)c1ccccc1-c1cc(Oc2cc(Cl)cc(C3CCN(C)CC3)c2)nc(NS(=O)(=O)c2cccc(N)c2)n1. The number of halogens is 1. The van der Waals surface area contributed by atoms with Gasteiger partial charge in [0.05, 0.1) is 10.6 Å². The van der Waals surface area contributed by atoms with Gasteiger partial charge >= 0.3 is 0 Å². The highest BCUT2D eigenvalue weighted by Crippen LogP contribution is 2.36. The number of likely N-dealkylation sites (tertiary alicyclic amines) is 1. The summed E-state index contributed by atoms with van der Waals surface area (Å²) in [7, 11) is -1.89. The van der Waals surface area contributed by atoms with Crippen LogP contribution in [0.4, 0.5) is 11.6 Å². The zero-order valence-corrected chi connectivity index (χ0v) is 24.9. The number of anilines is 2. The Hall–Kier alpha value is -3.66. The smallest absolute Gasteiger partial charge is 0.264 e. The number of aromatic nitrogens is 2. The normalized spacial score (nSPS) is 14.8. The monoisotopic (exact) mass is 591 g/mol. The third-order valence-electron chi connectivity index (χ3n) is 7.26. The minimum atomic E-state index is -4.02. The third kappa shape index (κ3) is 6.98. The van der Waals surface area contributed by atoms with Gasteiger partial charge in [-0.05, 0) is 92.3 Å². The van der Waals surface area contributed by atoms with Gasteiger partial charge in [-0.1, -0.05) is 55.8 Å².